The number of sulfonamides is 1. The minimum Gasteiger partial charge on any atom is -0.354 e. The Balaban J connectivity index is 2.00. The van der Waals surface area contributed by atoms with E-state index in [0.29, 0.717) is 18.7 Å². The van der Waals surface area contributed by atoms with Gasteiger partial charge in [0.1, 0.15) is 12.6 Å². The number of aryl methyl sites for hydroxylation is 1. The fraction of sp³-hybridized carbons (Fsp3) is 0.333. The van der Waals surface area contributed by atoms with Crippen molar-refractivity contribution in [1.82, 2.24) is 10.2 Å². The number of nitrogens with zero attached hydrogens (tertiary/aromatic N) is 2. The predicted molar refractivity (Wildman–Crippen MR) is 152 cm³/mol. The molecule has 0 heterocycles. The van der Waals surface area contributed by atoms with Crippen LogP contribution in [0.25, 0.3) is 0 Å². The molecule has 0 unspecified atom stereocenters. The van der Waals surface area contributed by atoms with Gasteiger partial charge < -0.3 is 10.2 Å². The Morgan fingerprint density at radius 2 is 1.39 bits per heavy atom. The lowest BCUT2D eigenvalue weighted by atomic mass is 10.0. The van der Waals surface area contributed by atoms with Crippen LogP contribution in [-0.4, -0.2) is 50.5 Å². The maximum absolute atomic E-state index is 14.0. The summed E-state index contributed by atoms with van der Waals surface area (Å²) in [5.41, 5.74) is 3.23. The normalized spacial score (nSPS) is 12.0. The molecule has 0 radical (unpaired) electrons. The van der Waals surface area contributed by atoms with Crippen LogP contribution in [0.2, 0.25) is 0 Å². The smallest absolute Gasteiger partial charge is 0.244 e. The fourth-order valence-corrected chi connectivity index (χ4v) is 5.06. The summed E-state index contributed by atoms with van der Waals surface area (Å²) in [6, 6.07) is 25.3. The Morgan fingerprint density at radius 1 is 0.816 bits per heavy atom. The minimum atomic E-state index is -3.77. The van der Waals surface area contributed by atoms with E-state index in [9.17, 15) is 18.0 Å². The van der Waals surface area contributed by atoms with Gasteiger partial charge in [-0.1, -0.05) is 86.6 Å². The number of rotatable bonds is 13. The van der Waals surface area contributed by atoms with Gasteiger partial charge in [0.05, 0.1) is 11.9 Å². The molecule has 8 heteroatoms. The van der Waals surface area contributed by atoms with E-state index in [1.54, 1.807) is 12.1 Å². The van der Waals surface area contributed by atoms with E-state index in [1.807, 2.05) is 86.6 Å². The van der Waals surface area contributed by atoms with E-state index < -0.39 is 28.5 Å². The summed E-state index contributed by atoms with van der Waals surface area (Å²) >= 11 is 0. The molecule has 0 aliphatic rings. The van der Waals surface area contributed by atoms with Crippen molar-refractivity contribution in [1.29, 1.82) is 0 Å². The molecule has 0 bridgehead atoms. The second-order valence-electron chi connectivity index (χ2n) is 9.29. The molecular weight excluding hydrogens is 498 g/mol. The number of nitrogens with one attached hydrogen (secondary N) is 1. The quantitative estimate of drug-likeness (QED) is 0.356. The van der Waals surface area contributed by atoms with Crippen LogP contribution in [0.15, 0.2) is 84.9 Å². The molecule has 3 rings (SSSR count). The third kappa shape index (κ3) is 8.18. The Morgan fingerprint density at radius 3 is 1.92 bits per heavy atom. The molecule has 0 spiro atoms. The lowest BCUT2D eigenvalue weighted by Gasteiger charge is -2.33. The van der Waals surface area contributed by atoms with Crippen molar-refractivity contribution in [2.45, 2.75) is 45.7 Å². The summed E-state index contributed by atoms with van der Waals surface area (Å²) in [4.78, 5) is 28.9. The largest absolute Gasteiger partial charge is 0.354 e. The molecule has 1 N–H and O–H groups in total. The van der Waals surface area contributed by atoms with Gasteiger partial charge in [0.15, 0.2) is 0 Å². The molecule has 1 atom stereocenters. The lowest BCUT2D eigenvalue weighted by Crippen LogP contribution is -2.53. The van der Waals surface area contributed by atoms with Crippen LogP contribution in [0.5, 0.6) is 0 Å². The van der Waals surface area contributed by atoms with Crippen LogP contribution in [0.1, 0.15) is 37.0 Å². The molecule has 2 amide bonds. The Hall–Kier alpha value is -3.65. The van der Waals surface area contributed by atoms with Crippen molar-refractivity contribution in [2.75, 3.05) is 23.7 Å². The van der Waals surface area contributed by atoms with Crippen LogP contribution >= 0.6 is 0 Å². The van der Waals surface area contributed by atoms with Crippen molar-refractivity contribution in [3.63, 3.8) is 0 Å². The van der Waals surface area contributed by atoms with Crippen molar-refractivity contribution >= 4 is 27.5 Å². The number of benzene rings is 3. The standard InChI is InChI=1S/C30H37N3O4S/c1-4-20-31-30(35)28(21-25-12-8-6-9-13-25)32(22-26-14-10-7-11-15-26)29(34)23-33(38(3,36)37)27-18-16-24(5-2)17-19-27/h6-19,28H,4-5,20-23H2,1-3H3,(H,31,35)/t28-/m0/s1. The highest BCUT2D eigenvalue weighted by Gasteiger charge is 2.32. The highest BCUT2D eigenvalue weighted by molar-refractivity contribution is 7.92. The number of hydrogen-bond acceptors (Lipinski definition) is 4. The van der Waals surface area contributed by atoms with Crippen molar-refractivity contribution in [3.05, 3.63) is 102 Å². The highest BCUT2D eigenvalue weighted by atomic mass is 32.2. The summed E-state index contributed by atoms with van der Waals surface area (Å²) in [7, 11) is -3.77. The first-order chi connectivity index (χ1) is 18.2. The molecule has 38 heavy (non-hydrogen) atoms. The Labute approximate surface area is 226 Å². The summed E-state index contributed by atoms with van der Waals surface area (Å²) in [5, 5.41) is 2.94. The zero-order valence-corrected chi connectivity index (χ0v) is 23.2. The number of anilines is 1. The summed E-state index contributed by atoms with van der Waals surface area (Å²) in [6.07, 6.45) is 2.97. The van der Waals surface area contributed by atoms with Gasteiger partial charge in [-0.25, -0.2) is 8.42 Å². The van der Waals surface area contributed by atoms with Gasteiger partial charge in [-0.3, -0.25) is 13.9 Å². The van der Waals surface area contributed by atoms with Crippen LogP contribution in [-0.2, 0) is 39.0 Å². The van der Waals surface area contributed by atoms with Gasteiger partial charge in [0.25, 0.3) is 0 Å². The van der Waals surface area contributed by atoms with Gasteiger partial charge >= 0.3 is 0 Å². The average Bonchev–Trinajstić information content (AvgIpc) is 2.92. The first-order valence-corrected chi connectivity index (χ1v) is 14.8. The van der Waals surface area contributed by atoms with Crippen LogP contribution in [0.3, 0.4) is 0 Å². The van der Waals surface area contributed by atoms with E-state index in [2.05, 4.69) is 5.32 Å². The molecule has 3 aromatic rings. The SMILES string of the molecule is CCCNC(=O)[C@H](Cc1ccccc1)N(Cc1ccccc1)C(=O)CN(c1ccc(CC)cc1)S(C)(=O)=O. The average molecular weight is 536 g/mol. The lowest BCUT2D eigenvalue weighted by molar-refractivity contribution is -0.140. The van der Waals surface area contributed by atoms with E-state index in [-0.39, 0.29) is 12.5 Å². The Kier molecular flexibility index (Phi) is 10.5. The van der Waals surface area contributed by atoms with Crippen molar-refractivity contribution in [3.8, 4) is 0 Å². The first kappa shape index (κ1) is 28.9. The number of amides is 2. The molecule has 202 valence electrons. The molecular formula is C30H37N3O4S. The van der Waals surface area contributed by atoms with E-state index in [1.165, 1.54) is 4.90 Å². The molecule has 0 aromatic heterocycles. The van der Waals surface area contributed by atoms with Gasteiger partial charge in [0, 0.05) is 19.5 Å². The van der Waals surface area contributed by atoms with E-state index >= 15 is 0 Å². The summed E-state index contributed by atoms with van der Waals surface area (Å²) < 4.78 is 26.7. The highest BCUT2D eigenvalue weighted by Crippen LogP contribution is 2.21. The van der Waals surface area contributed by atoms with Gasteiger partial charge in [-0.2, -0.15) is 0 Å². The van der Waals surface area contributed by atoms with Gasteiger partial charge in [0.2, 0.25) is 21.8 Å². The van der Waals surface area contributed by atoms with E-state index in [4.69, 9.17) is 0 Å². The zero-order chi connectivity index (χ0) is 27.5. The van der Waals surface area contributed by atoms with E-state index in [0.717, 1.165) is 40.1 Å². The molecule has 7 nitrogen and oxygen atoms in total. The van der Waals surface area contributed by atoms with Gasteiger partial charge in [-0.15, -0.1) is 0 Å². The first-order valence-electron chi connectivity index (χ1n) is 12.9. The molecule has 0 saturated heterocycles. The molecule has 0 fully saturated rings. The second-order valence-corrected chi connectivity index (χ2v) is 11.2. The fourth-order valence-electron chi connectivity index (χ4n) is 4.21. The third-order valence-corrected chi connectivity index (χ3v) is 7.47. The van der Waals surface area contributed by atoms with Crippen LogP contribution < -0.4 is 9.62 Å². The van der Waals surface area contributed by atoms with Crippen molar-refractivity contribution in [2.24, 2.45) is 0 Å². The third-order valence-electron chi connectivity index (χ3n) is 6.33. The maximum Gasteiger partial charge on any atom is 0.244 e. The summed E-state index contributed by atoms with van der Waals surface area (Å²) in [6.45, 7) is 4.22. The zero-order valence-electron chi connectivity index (χ0n) is 22.3. The number of carbonyl (C=O) groups excluding carboxylic acids is 2. The van der Waals surface area contributed by atoms with Gasteiger partial charge in [-0.05, 0) is 41.7 Å². The van der Waals surface area contributed by atoms with Crippen molar-refractivity contribution < 1.29 is 18.0 Å². The monoisotopic (exact) mass is 535 g/mol. The molecule has 3 aromatic carbocycles. The second kappa shape index (κ2) is 13.8. The maximum atomic E-state index is 14.0. The van der Waals surface area contributed by atoms with Crippen LogP contribution in [0.4, 0.5) is 5.69 Å². The topological polar surface area (TPSA) is 86.8 Å². The Bertz CT molecular complexity index is 1280. The number of hydrogen-bond donors (Lipinski definition) is 1. The molecule has 0 saturated carbocycles. The molecule has 0 aliphatic carbocycles. The summed E-state index contributed by atoms with van der Waals surface area (Å²) in [5.74, 6) is -0.718. The minimum absolute atomic E-state index is 0.170. The van der Waals surface area contributed by atoms with Crippen LogP contribution in [0, 0.1) is 0 Å². The number of carbonyl (C=O) groups is 2. The predicted octanol–water partition coefficient (Wildman–Crippen LogP) is 4.18. The molecule has 0 aliphatic heterocycles.